The second kappa shape index (κ2) is 7.25. The number of H-pyrrole nitrogens is 1. The van der Waals surface area contributed by atoms with Gasteiger partial charge >= 0.3 is 0 Å². The Morgan fingerprint density at radius 3 is 3.00 bits per heavy atom. The van der Waals surface area contributed by atoms with Gasteiger partial charge in [-0.2, -0.15) is 0 Å². The monoisotopic (exact) mass is 297 g/mol. The summed E-state index contributed by atoms with van der Waals surface area (Å²) in [5, 5.41) is 3.16. The molecule has 4 nitrogen and oxygen atoms in total. The molecule has 1 heterocycles. The predicted octanol–water partition coefficient (Wildman–Crippen LogP) is 2.80. The topological polar surface area (TPSA) is 57.8 Å². The molecule has 1 aliphatic rings. The molecule has 116 valence electrons. The van der Waals surface area contributed by atoms with E-state index in [9.17, 15) is 4.79 Å². The zero-order valence-corrected chi connectivity index (χ0v) is 12.8. The fraction of sp³-hybridized carbons (Fsp3) is 0.444. The van der Waals surface area contributed by atoms with Gasteiger partial charge in [-0.25, -0.2) is 4.98 Å². The van der Waals surface area contributed by atoms with Crippen LogP contribution in [0.1, 0.15) is 42.6 Å². The molecular weight excluding hydrogens is 274 g/mol. The molecule has 0 aliphatic heterocycles. The average molecular weight is 297 g/mol. The summed E-state index contributed by atoms with van der Waals surface area (Å²) < 4.78 is 0. The summed E-state index contributed by atoms with van der Waals surface area (Å²) in [5.41, 5.74) is 3.69. The Bertz CT molecular complexity index is 606. The number of hydrogen-bond donors (Lipinski definition) is 2. The maximum Gasteiger partial charge on any atom is 0.220 e. The summed E-state index contributed by atoms with van der Waals surface area (Å²) >= 11 is 0. The molecule has 0 spiro atoms. The molecular formula is C18H23N3O. The van der Waals surface area contributed by atoms with E-state index in [2.05, 4.69) is 39.6 Å². The van der Waals surface area contributed by atoms with Crippen molar-refractivity contribution in [2.45, 2.75) is 51.0 Å². The lowest BCUT2D eigenvalue weighted by Gasteiger charge is -2.22. The molecule has 4 heteroatoms. The highest BCUT2D eigenvalue weighted by atomic mass is 16.1. The van der Waals surface area contributed by atoms with Gasteiger partial charge in [-0.05, 0) is 37.7 Å². The van der Waals surface area contributed by atoms with Gasteiger partial charge < -0.3 is 10.3 Å². The van der Waals surface area contributed by atoms with E-state index in [-0.39, 0.29) is 11.9 Å². The molecule has 3 rings (SSSR count). The number of imidazole rings is 1. The lowest BCUT2D eigenvalue weighted by molar-refractivity contribution is -0.122. The Labute approximate surface area is 131 Å². The Hall–Kier alpha value is -2.10. The first-order valence-corrected chi connectivity index (χ1v) is 8.15. The number of nitrogens with zero attached hydrogens (tertiary/aromatic N) is 1. The summed E-state index contributed by atoms with van der Waals surface area (Å²) in [5.74, 6) is 0.182. The van der Waals surface area contributed by atoms with Gasteiger partial charge in [-0.1, -0.05) is 30.3 Å². The van der Waals surface area contributed by atoms with Gasteiger partial charge in [0.25, 0.3) is 0 Å². The molecule has 1 aliphatic carbocycles. The van der Waals surface area contributed by atoms with Crippen molar-refractivity contribution < 1.29 is 4.79 Å². The Balaban J connectivity index is 1.35. The number of carbonyl (C=O) groups excluding carboxylic acids is 1. The molecule has 0 radical (unpaired) electrons. The first-order valence-electron chi connectivity index (χ1n) is 8.15. The molecule has 2 N–H and O–H groups in total. The van der Waals surface area contributed by atoms with E-state index in [1.54, 1.807) is 6.33 Å². The molecule has 0 fully saturated rings. The first-order chi connectivity index (χ1) is 10.8. The minimum absolute atomic E-state index is 0.182. The SMILES string of the molecule is O=C(CCCCc1ccccc1)NC1CCc2nc[nH]c2C1. The van der Waals surface area contributed by atoms with Gasteiger partial charge in [-0.15, -0.1) is 0 Å². The number of amides is 1. The first kappa shape index (κ1) is 14.8. The average Bonchev–Trinajstić information content (AvgIpc) is 3.00. The molecule has 1 aromatic carbocycles. The third-order valence-electron chi connectivity index (χ3n) is 4.31. The number of aromatic nitrogens is 2. The zero-order valence-electron chi connectivity index (χ0n) is 12.8. The largest absolute Gasteiger partial charge is 0.353 e. The number of aromatic amines is 1. The highest BCUT2D eigenvalue weighted by molar-refractivity contribution is 5.76. The van der Waals surface area contributed by atoms with Crippen molar-refractivity contribution in [3.63, 3.8) is 0 Å². The normalized spacial score (nSPS) is 17.0. The van der Waals surface area contributed by atoms with Crippen LogP contribution in [0.2, 0.25) is 0 Å². The van der Waals surface area contributed by atoms with Crippen LogP contribution in [0.4, 0.5) is 0 Å². The number of nitrogens with one attached hydrogen (secondary N) is 2. The van der Waals surface area contributed by atoms with Crippen LogP contribution in [-0.2, 0) is 24.1 Å². The maximum atomic E-state index is 12.0. The van der Waals surface area contributed by atoms with Crippen molar-refractivity contribution in [1.29, 1.82) is 0 Å². The van der Waals surface area contributed by atoms with Crippen LogP contribution in [0, 0.1) is 0 Å². The van der Waals surface area contributed by atoms with Gasteiger partial charge in [0.05, 0.1) is 12.0 Å². The zero-order chi connectivity index (χ0) is 15.2. The minimum atomic E-state index is 0.182. The van der Waals surface area contributed by atoms with Gasteiger partial charge in [0.1, 0.15) is 0 Å². The van der Waals surface area contributed by atoms with Crippen molar-refractivity contribution in [3.8, 4) is 0 Å². The van der Waals surface area contributed by atoms with Gasteiger partial charge in [0, 0.05) is 24.6 Å². The van der Waals surface area contributed by atoms with Crippen LogP contribution >= 0.6 is 0 Å². The number of rotatable bonds is 6. The van der Waals surface area contributed by atoms with E-state index in [1.165, 1.54) is 11.3 Å². The number of unbranched alkanes of at least 4 members (excludes halogenated alkanes) is 1. The molecule has 1 amide bonds. The Kier molecular flexibility index (Phi) is 4.88. The van der Waals surface area contributed by atoms with Gasteiger partial charge in [0.2, 0.25) is 5.91 Å². The van der Waals surface area contributed by atoms with Crippen molar-refractivity contribution in [1.82, 2.24) is 15.3 Å². The lowest BCUT2D eigenvalue weighted by atomic mass is 9.96. The van der Waals surface area contributed by atoms with Crippen LogP contribution < -0.4 is 5.32 Å². The van der Waals surface area contributed by atoms with E-state index < -0.39 is 0 Å². The molecule has 1 atom stereocenters. The fourth-order valence-electron chi connectivity index (χ4n) is 3.08. The second-order valence-corrected chi connectivity index (χ2v) is 6.03. The second-order valence-electron chi connectivity index (χ2n) is 6.03. The summed E-state index contributed by atoms with van der Waals surface area (Å²) in [4.78, 5) is 19.5. The van der Waals surface area contributed by atoms with E-state index in [0.29, 0.717) is 6.42 Å². The van der Waals surface area contributed by atoms with Crippen molar-refractivity contribution >= 4 is 5.91 Å². The number of fused-ring (bicyclic) bond motifs is 1. The van der Waals surface area contributed by atoms with Crippen LogP contribution in [0.5, 0.6) is 0 Å². The number of hydrogen-bond acceptors (Lipinski definition) is 2. The smallest absolute Gasteiger partial charge is 0.220 e. The van der Waals surface area contributed by atoms with E-state index in [0.717, 1.165) is 44.2 Å². The van der Waals surface area contributed by atoms with E-state index in [1.807, 2.05) is 6.07 Å². The Morgan fingerprint density at radius 1 is 1.27 bits per heavy atom. The van der Waals surface area contributed by atoms with Crippen molar-refractivity contribution in [2.24, 2.45) is 0 Å². The Morgan fingerprint density at radius 2 is 2.14 bits per heavy atom. The number of aryl methyl sites for hydroxylation is 2. The minimum Gasteiger partial charge on any atom is -0.353 e. The molecule has 0 saturated heterocycles. The van der Waals surface area contributed by atoms with Crippen LogP contribution in [0.15, 0.2) is 36.7 Å². The van der Waals surface area contributed by atoms with E-state index >= 15 is 0 Å². The molecule has 22 heavy (non-hydrogen) atoms. The highest BCUT2D eigenvalue weighted by Crippen LogP contribution is 2.18. The highest BCUT2D eigenvalue weighted by Gasteiger charge is 2.21. The quantitative estimate of drug-likeness (QED) is 0.806. The molecule has 1 aromatic heterocycles. The van der Waals surface area contributed by atoms with Crippen molar-refractivity contribution in [3.05, 3.63) is 53.6 Å². The van der Waals surface area contributed by atoms with Crippen molar-refractivity contribution in [2.75, 3.05) is 0 Å². The lowest BCUT2D eigenvalue weighted by Crippen LogP contribution is -2.38. The van der Waals surface area contributed by atoms with E-state index in [4.69, 9.17) is 0 Å². The summed E-state index contributed by atoms with van der Waals surface area (Å²) in [6.07, 6.45) is 8.26. The fourth-order valence-corrected chi connectivity index (χ4v) is 3.08. The van der Waals surface area contributed by atoms with Crippen LogP contribution in [0.25, 0.3) is 0 Å². The third-order valence-corrected chi connectivity index (χ3v) is 4.31. The molecule has 0 bridgehead atoms. The van der Waals surface area contributed by atoms with Gasteiger partial charge in [0.15, 0.2) is 0 Å². The third kappa shape index (κ3) is 3.97. The standard InChI is InChI=1S/C18H23N3O/c22-18(9-5-4-8-14-6-2-1-3-7-14)21-15-10-11-16-17(12-15)20-13-19-16/h1-3,6-7,13,15H,4-5,8-12H2,(H,19,20)(H,21,22). The molecule has 2 aromatic rings. The van der Waals surface area contributed by atoms with Crippen LogP contribution in [0.3, 0.4) is 0 Å². The molecule has 0 saturated carbocycles. The summed E-state index contributed by atoms with van der Waals surface area (Å²) in [7, 11) is 0. The van der Waals surface area contributed by atoms with Crippen LogP contribution in [-0.4, -0.2) is 21.9 Å². The summed E-state index contributed by atoms with van der Waals surface area (Å²) in [6, 6.07) is 10.7. The number of benzene rings is 1. The maximum absolute atomic E-state index is 12.0. The van der Waals surface area contributed by atoms with Gasteiger partial charge in [-0.3, -0.25) is 4.79 Å². The molecule has 1 unspecified atom stereocenters. The number of carbonyl (C=O) groups is 1. The predicted molar refractivity (Wildman–Crippen MR) is 86.5 cm³/mol. The summed E-state index contributed by atoms with van der Waals surface area (Å²) in [6.45, 7) is 0.